The Bertz CT molecular complexity index is 201. The maximum Gasteiger partial charge on any atom is 0.313 e. The monoisotopic (exact) mass is 216 g/mol. The van der Waals surface area contributed by atoms with Crippen molar-refractivity contribution in [2.75, 3.05) is 13.2 Å². The molecule has 0 N–H and O–H groups in total. The van der Waals surface area contributed by atoms with Gasteiger partial charge in [-0.2, -0.15) is 0 Å². The Hall–Kier alpha value is -0.900. The van der Waals surface area contributed by atoms with Crippen LogP contribution in [0.2, 0.25) is 0 Å². The molecular weight excluding hydrogens is 196 g/mol. The highest BCUT2D eigenvalue weighted by Crippen LogP contribution is 1.97. The van der Waals surface area contributed by atoms with Crippen LogP contribution in [0.15, 0.2) is 0 Å². The largest absolute Gasteiger partial charge is 0.460 e. The fourth-order valence-electron chi connectivity index (χ4n) is 0.999. The molecule has 0 radical (unpaired) electrons. The molecule has 0 rings (SSSR count). The molecule has 0 aromatic carbocycles. The Labute approximate surface area is 90.9 Å². The molecule has 1 unspecified atom stereocenters. The van der Waals surface area contributed by atoms with Gasteiger partial charge in [0.25, 0.3) is 0 Å². The summed E-state index contributed by atoms with van der Waals surface area (Å²) in [6.07, 6.45) is 1.65. The molecule has 0 aromatic rings. The lowest BCUT2D eigenvalue weighted by Gasteiger charge is -2.12. The van der Waals surface area contributed by atoms with Gasteiger partial charge >= 0.3 is 5.97 Å². The number of Topliss-reactive ketones (excluding diaryl/α,β-unsaturated/α-hetero) is 1. The third kappa shape index (κ3) is 9.41. The zero-order chi connectivity index (χ0) is 11.7. The maximum absolute atomic E-state index is 11.1. The summed E-state index contributed by atoms with van der Waals surface area (Å²) in [5, 5.41) is 0. The third-order valence-electron chi connectivity index (χ3n) is 1.72. The molecule has 1 atom stereocenters. The highest BCUT2D eigenvalue weighted by molar-refractivity contribution is 5.94. The zero-order valence-electron chi connectivity index (χ0n) is 9.75. The number of ketones is 1. The summed E-state index contributed by atoms with van der Waals surface area (Å²) in [6.45, 7) is 6.28. The molecule has 0 aromatic heterocycles. The van der Waals surface area contributed by atoms with Crippen molar-refractivity contribution in [1.82, 2.24) is 0 Å². The fourth-order valence-corrected chi connectivity index (χ4v) is 0.999. The molecule has 4 heteroatoms. The van der Waals surface area contributed by atoms with E-state index in [1.807, 2.05) is 0 Å². The van der Waals surface area contributed by atoms with Crippen LogP contribution in [-0.2, 0) is 19.1 Å². The lowest BCUT2D eigenvalue weighted by molar-refractivity contribution is -0.152. The second kappa shape index (κ2) is 8.41. The van der Waals surface area contributed by atoms with Crippen LogP contribution in [0.4, 0.5) is 0 Å². The molecule has 0 saturated carbocycles. The molecule has 88 valence electrons. The van der Waals surface area contributed by atoms with E-state index in [1.165, 1.54) is 6.92 Å². The topological polar surface area (TPSA) is 52.6 Å². The molecule has 0 spiro atoms. The second-order valence-electron chi connectivity index (χ2n) is 3.61. The van der Waals surface area contributed by atoms with E-state index in [2.05, 4.69) is 6.92 Å². The Kier molecular flexibility index (Phi) is 7.91. The Morgan fingerprint density at radius 2 is 2.00 bits per heavy atom. The standard InChI is InChI=1S/C11H20O4/c1-4-5-6-14-8-10(3)15-11(13)7-9(2)12/h10H,4-8H2,1-3H3. The zero-order valence-corrected chi connectivity index (χ0v) is 9.75. The van der Waals surface area contributed by atoms with Gasteiger partial charge in [-0.15, -0.1) is 0 Å². The first-order valence-electron chi connectivity index (χ1n) is 5.33. The van der Waals surface area contributed by atoms with E-state index in [9.17, 15) is 9.59 Å². The van der Waals surface area contributed by atoms with E-state index in [1.54, 1.807) is 6.92 Å². The Morgan fingerprint density at radius 3 is 2.53 bits per heavy atom. The number of esters is 1. The van der Waals surface area contributed by atoms with Crippen LogP contribution in [0.25, 0.3) is 0 Å². The first kappa shape index (κ1) is 14.1. The molecule has 0 bridgehead atoms. The molecule has 0 amide bonds. The van der Waals surface area contributed by atoms with Gasteiger partial charge in [-0.3, -0.25) is 9.59 Å². The molecule has 15 heavy (non-hydrogen) atoms. The number of rotatable bonds is 8. The van der Waals surface area contributed by atoms with Gasteiger partial charge in [-0.05, 0) is 20.3 Å². The minimum absolute atomic E-state index is 0.153. The van der Waals surface area contributed by atoms with Crippen LogP contribution in [-0.4, -0.2) is 31.1 Å². The molecule has 0 fully saturated rings. The van der Waals surface area contributed by atoms with Crippen molar-refractivity contribution in [3.05, 3.63) is 0 Å². The summed E-state index contributed by atoms with van der Waals surface area (Å²) >= 11 is 0. The minimum atomic E-state index is -0.478. The number of ether oxygens (including phenoxy) is 2. The highest BCUT2D eigenvalue weighted by Gasteiger charge is 2.11. The normalized spacial score (nSPS) is 12.2. The van der Waals surface area contributed by atoms with Crippen LogP contribution < -0.4 is 0 Å². The van der Waals surface area contributed by atoms with Gasteiger partial charge in [-0.1, -0.05) is 13.3 Å². The molecule has 0 aliphatic rings. The fraction of sp³-hybridized carbons (Fsp3) is 0.818. The smallest absolute Gasteiger partial charge is 0.313 e. The van der Waals surface area contributed by atoms with Crippen LogP contribution in [0.5, 0.6) is 0 Å². The quantitative estimate of drug-likeness (QED) is 0.352. The number of hydrogen-bond donors (Lipinski definition) is 0. The Balaban J connectivity index is 3.51. The predicted octanol–water partition coefficient (Wildman–Crippen LogP) is 1.71. The highest BCUT2D eigenvalue weighted by atomic mass is 16.6. The van der Waals surface area contributed by atoms with Crippen LogP contribution in [0, 0.1) is 0 Å². The lowest BCUT2D eigenvalue weighted by Crippen LogP contribution is -2.21. The van der Waals surface area contributed by atoms with Gasteiger partial charge in [0.1, 0.15) is 18.3 Å². The SMILES string of the molecule is CCCCOCC(C)OC(=O)CC(C)=O. The van der Waals surface area contributed by atoms with E-state index >= 15 is 0 Å². The van der Waals surface area contributed by atoms with Crippen molar-refractivity contribution in [3.63, 3.8) is 0 Å². The Morgan fingerprint density at radius 1 is 1.33 bits per heavy atom. The van der Waals surface area contributed by atoms with E-state index in [4.69, 9.17) is 9.47 Å². The molecular formula is C11H20O4. The lowest BCUT2D eigenvalue weighted by atomic mass is 10.3. The maximum atomic E-state index is 11.1. The molecule has 0 aliphatic heterocycles. The van der Waals surface area contributed by atoms with E-state index in [0.29, 0.717) is 13.2 Å². The summed E-state index contributed by atoms with van der Waals surface area (Å²) in [5.41, 5.74) is 0. The first-order chi connectivity index (χ1) is 7.06. The summed E-state index contributed by atoms with van der Waals surface area (Å²) in [7, 11) is 0. The average molecular weight is 216 g/mol. The van der Waals surface area contributed by atoms with Crippen LogP contribution >= 0.6 is 0 Å². The van der Waals surface area contributed by atoms with E-state index in [0.717, 1.165) is 12.8 Å². The van der Waals surface area contributed by atoms with Crippen molar-refractivity contribution in [2.24, 2.45) is 0 Å². The van der Waals surface area contributed by atoms with Gasteiger partial charge in [0, 0.05) is 6.61 Å². The van der Waals surface area contributed by atoms with E-state index < -0.39 is 5.97 Å². The van der Waals surface area contributed by atoms with Gasteiger partial charge in [-0.25, -0.2) is 0 Å². The van der Waals surface area contributed by atoms with Crippen molar-refractivity contribution >= 4 is 11.8 Å². The van der Waals surface area contributed by atoms with Crippen molar-refractivity contribution < 1.29 is 19.1 Å². The summed E-state index contributed by atoms with van der Waals surface area (Å²) in [5.74, 6) is -0.659. The number of carbonyl (C=O) groups excluding carboxylic acids is 2. The molecule has 0 aliphatic carbocycles. The summed E-state index contributed by atoms with van der Waals surface area (Å²) < 4.78 is 10.2. The van der Waals surface area contributed by atoms with Gasteiger partial charge < -0.3 is 9.47 Å². The average Bonchev–Trinajstić information content (AvgIpc) is 2.10. The number of unbranched alkanes of at least 4 members (excludes halogenated alkanes) is 1. The summed E-state index contributed by atoms with van der Waals surface area (Å²) in [4.78, 5) is 21.7. The molecule has 0 heterocycles. The first-order valence-corrected chi connectivity index (χ1v) is 5.33. The third-order valence-corrected chi connectivity index (χ3v) is 1.72. The van der Waals surface area contributed by atoms with Gasteiger partial charge in [0.2, 0.25) is 0 Å². The van der Waals surface area contributed by atoms with Crippen LogP contribution in [0.1, 0.15) is 40.0 Å². The second-order valence-corrected chi connectivity index (χ2v) is 3.61. The molecule has 4 nitrogen and oxygen atoms in total. The van der Waals surface area contributed by atoms with Crippen molar-refractivity contribution in [3.8, 4) is 0 Å². The number of hydrogen-bond acceptors (Lipinski definition) is 4. The summed E-state index contributed by atoms with van der Waals surface area (Å²) in [6, 6.07) is 0. The minimum Gasteiger partial charge on any atom is -0.460 e. The predicted molar refractivity (Wildman–Crippen MR) is 56.6 cm³/mol. The van der Waals surface area contributed by atoms with Crippen molar-refractivity contribution in [1.29, 1.82) is 0 Å². The van der Waals surface area contributed by atoms with Crippen LogP contribution in [0.3, 0.4) is 0 Å². The van der Waals surface area contributed by atoms with E-state index in [-0.39, 0.29) is 18.3 Å². The van der Waals surface area contributed by atoms with Gasteiger partial charge in [0.05, 0.1) is 6.61 Å². The number of carbonyl (C=O) groups is 2. The van der Waals surface area contributed by atoms with Crippen molar-refractivity contribution in [2.45, 2.75) is 46.1 Å². The van der Waals surface area contributed by atoms with Gasteiger partial charge in [0.15, 0.2) is 0 Å². The molecule has 0 saturated heterocycles.